The number of hydrogen-bond acceptors (Lipinski definition) is 5. The number of sulfonamides is 1. The van der Waals surface area contributed by atoms with Crippen molar-refractivity contribution in [3.63, 3.8) is 0 Å². The van der Waals surface area contributed by atoms with Crippen molar-refractivity contribution in [2.45, 2.75) is 31.7 Å². The molecule has 0 aliphatic rings. The van der Waals surface area contributed by atoms with Gasteiger partial charge in [-0.05, 0) is 32.9 Å². The third-order valence-electron chi connectivity index (χ3n) is 2.88. The average molecular weight is 329 g/mol. The van der Waals surface area contributed by atoms with Crippen LogP contribution in [0.3, 0.4) is 0 Å². The molecule has 0 radical (unpaired) electrons. The molecule has 3 N–H and O–H groups in total. The lowest BCUT2D eigenvalue weighted by Crippen LogP contribution is -2.28. The molecule has 7 nitrogen and oxygen atoms in total. The van der Waals surface area contributed by atoms with Crippen molar-refractivity contribution in [3.05, 3.63) is 33.3 Å². The summed E-state index contributed by atoms with van der Waals surface area (Å²) in [5.74, 6) is -1.39. The van der Waals surface area contributed by atoms with E-state index in [0.717, 1.165) is 9.75 Å². The van der Waals surface area contributed by atoms with Gasteiger partial charge in [-0.3, -0.25) is 5.10 Å². The number of aromatic carboxylic acids is 1. The fourth-order valence-corrected chi connectivity index (χ4v) is 4.43. The maximum absolute atomic E-state index is 12.4. The molecule has 1 atom stereocenters. The SMILES string of the molecule is Cc1ccc(C(C)NS(=O)(=O)c2c(C(=O)O)n[nH]c2C)s1. The van der Waals surface area contributed by atoms with Crippen molar-refractivity contribution in [2.24, 2.45) is 0 Å². The zero-order chi connectivity index (χ0) is 15.8. The highest BCUT2D eigenvalue weighted by Gasteiger charge is 2.29. The molecule has 0 aliphatic carbocycles. The predicted molar refractivity (Wildman–Crippen MR) is 78.1 cm³/mol. The van der Waals surface area contributed by atoms with Gasteiger partial charge in [0.1, 0.15) is 4.90 Å². The molecule has 2 rings (SSSR count). The van der Waals surface area contributed by atoms with Gasteiger partial charge in [0.15, 0.2) is 5.69 Å². The molecule has 0 aromatic carbocycles. The highest BCUT2D eigenvalue weighted by molar-refractivity contribution is 7.89. The molecule has 0 bridgehead atoms. The summed E-state index contributed by atoms with van der Waals surface area (Å²) >= 11 is 1.48. The summed E-state index contributed by atoms with van der Waals surface area (Å²) in [5.41, 5.74) is -0.316. The summed E-state index contributed by atoms with van der Waals surface area (Å²) < 4.78 is 27.3. The minimum atomic E-state index is -3.98. The van der Waals surface area contributed by atoms with Gasteiger partial charge in [0.25, 0.3) is 0 Å². The van der Waals surface area contributed by atoms with Gasteiger partial charge in [-0.1, -0.05) is 0 Å². The molecular formula is C12H15N3O4S2. The van der Waals surface area contributed by atoms with Crippen LogP contribution in [0.4, 0.5) is 0 Å². The van der Waals surface area contributed by atoms with Gasteiger partial charge < -0.3 is 5.11 Å². The number of hydrogen-bond donors (Lipinski definition) is 3. The number of carboxylic acids is 1. The molecule has 1 unspecified atom stereocenters. The molecule has 0 amide bonds. The zero-order valence-electron chi connectivity index (χ0n) is 11.7. The van der Waals surface area contributed by atoms with Crippen LogP contribution in [0.2, 0.25) is 0 Å². The van der Waals surface area contributed by atoms with E-state index < -0.39 is 27.7 Å². The summed E-state index contributed by atoms with van der Waals surface area (Å²) in [6.07, 6.45) is 0. The maximum atomic E-state index is 12.4. The number of nitrogens with zero attached hydrogens (tertiary/aromatic N) is 1. The van der Waals surface area contributed by atoms with Crippen LogP contribution in [-0.4, -0.2) is 29.7 Å². The maximum Gasteiger partial charge on any atom is 0.357 e. The molecule has 2 aromatic heterocycles. The number of carboxylic acid groups (broad SMARTS) is 1. The van der Waals surface area contributed by atoms with Crippen LogP contribution in [0.25, 0.3) is 0 Å². The summed E-state index contributed by atoms with van der Waals surface area (Å²) in [4.78, 5) is 12.7. The normalized spacial score (nSPS) is 13.3. The first kappa shape index (κ1) is 15.7. The Labute approximate surface area is 126 Å². The molecule has 0 saturated carbocycles. The van der Waals surface area contributed by atoms with Gasteiger partial charge in [-0.2, -0.15) is 5.10 Å². The fourth-order valence-electron chi connectivity index (χ4n) is 1.93. The van der Waals surface area contributed by atoms with Crippen LogP contribution >= 0.6 is 11.3 Å². The van der Waals surface area contributed by atoms with Gasteiger partial charge in [0, 0.05) is 9.75 Å². The number of carbonyl (C=O) groups is 1. The highest BCUT2D eigenvalue weighted by atomic mass is 32.2. The van der Waals surface area contributed by atoms with Gasteiger partial charge in [0.05, 0.1) is 11.7 Å². The van der Waals surface area contributed by atoms with Crippen LogP contribution in [0, 0.1) is 13.8 Å². The topological polar surface area (TPSA) is 112 Å². The molecule has 2 aromatic rings. The van der Waals surface area contributed by atoms with Crippen molar-refractivity contribution >= 4 is 27.3 Å². The standard InChI is InChI=1S/C12H15N3O4S2/c1-6-4-5-9(20-6)7(2)15-21(18,19)11-8(3)13-14-10(11)12(16)17/h4-5,7,15H,1-3H3,(H,13,14)(H,16,17). The van der Waals surface area contributed by atoms with E-state index in [0.29, 0.717) is 0 Å². The molecule has 0 saturated heterocycles. The predicted octanol–water partition coefficient (Wildman–Crippen LogP) is 1.83. The van der Waals surface area contributed by atoms with Crippen LogP contribution < -0.4 is 4.72 Å². The van der Waals surface area contributed by atoms with Gasteiger partial charge in [0.2, 0.25) is 10.0 Å². The van der Waals surface area contributed by atoms with Crippen LogP contribution in [0.15, 0.2) is 17.0 Å². The van der Waals surface area contributed by atoms with Crippen LogP contribution in [0.1, 0.15) is 38.9 Å². The van der Waals surface area contributed by atoms with Crippen molar-refractivity contribution < 1.29 is 18.3 Å². The second kappa shape index (κ2) is 5.58. The number of aromatic nitrogens is 2. The molecule has 0 spiro atoms. The van der Waals surface area contributed by atoms with E-state index in [2.05, 4.69) is 14.9 Å². The first-order chi connectivity index (χ1) is 9.72. The molecule has 0 fully saturated rings. The zero-order valence-corrected chi connectivity index (χ0v) is 13.3. The van der Waals surface area contributed by atoms with Gasteiger partial charge in [-0.25, -0.2) is 17.9 Å². The quantitative estimate of drug-likeness (QED) is 0.774. The lowest BCUT2D eigenvalue weighted by Gasteiger charge is -2.12. The van der Waals surface area contributed by atoms with E-state index in [1.165, 1.54) is 18.3 Å². The number of rotatable bonds is 5. The molecule has 0 aliphatic heterocycles. The number of thiophene rings is 1. The molecule has 9 heteroatoms. The van der Waals surface area contributed by atoms with E-state index in [4.69, 9.17) is 5.11 Å². The minimum Gasteiger partial charge on any atom is -0.476 e. The lowest BCUT2D eigenvalue weighted by molar-refractivity contribution is 0.0686. The van der Waals surface area contributed by atoms with Crippen LogP contribution in [-0.2, 0) is 10.0 Å². The van der Waals surface area contributed by atoms with Crippen molar-refractivity contribution in [2.75, 3.05) is 0 Å². The largest absolute Gasteiger partial charge is 0.476 e. The average Bonchev–Trinajstić information content (AvgIpc) is 2.95. The third-order valence-corrected chi connectivity index (χ3v) is 5.77. The highest BCUT2D eigenvalue weighted by Crippen LogP contribution is 2.25. The summed E-state index contributed by atoms with van der Waals surface area (Å²) in [5, 5.41) is 14.9. The van der Waals surface area contributed by atoms with Crippen molar-refractivity contribution in [1.29, 1.82) is 0 Å². The third kappa shape index (κ3) is 3.14. The van der Waals surface area contributed by atoms with E-state index in [-0.39, 0.29) is 10.6 Å². The monoisotopic (exact) mass is 329 g/mol. The minimum absolute atomic E-state index is 0.189. The number of nitrogens with one attached hydrogen (secondary N) is 2. The molecule has 2 heterocycles. The van der Waals surface area contributed by atoms with Crippen LogP contribution in [0.5, 0.6) is 0 Å². The summed E-state index contributed by atoms with van der Waals surface area (Å²) in [6.45, 7) is 5.10. The van der Waals surface area contributed by atoms with Crippen molar-refractivity contribution in [3.8, 4) is 0 Å². The Morgan fingerprint density at radius 2 is 2.10 bits per heavy atom. The van der Waals surface area contributed by atoms with E-state index in [1.54, 1.807) is 6.92 Å². The Morgan fingerprint density at radius 3 is 2.62 bits per heavy atom. The molecule has 21 heavy (non-hydrogen) atoms. The molecule has 114 valence electrons. The van der Waals surface area contributed by atoms with Crippen molar-refractivity contribution in [1.82, 2.24) is 14.9 Å². The van der Waals surface area contributed by atoms with Gasteiger partial charge in [-0.15, -0.1) is 11.3 Å². The second-order valence-electron chi connectivity index (χ2n) is 4.62. The first-order valence-electron chi connectivity index (χ1n) is 6.09. The Hall–Kier alpha value is -1.71. The lowest BCUT2D eigenvalue weighted by atomic mass is 10.3. The van der Waals surface area contributed by atoms with E-state index in [9.17, 15) is 13.2 Å². The Kier molecular flexibility index (Phi) is 4.17. The number of aromatic amines is 1. The van der Waals surface area contributed by atoms with E-state index in [1.807, 2.05) is 19.1 Å². The van der Waals surface area contributed by atoms with Gasteiger partial charge >= 0.3 is 5.97 Å². The smallest absolute Gasteiger partial charge is 0.357 e. The Bertz CT molecular complexity index is 776. The summed E-state index contributed by atoms with van der Waals surface area (Å²) in [6, 6.07) is 3.29. The number of aryl methyl sites for hydroxylation is 2. The Balaban J connectivity index is 2.35. The van der Waals surface area contributed by atoms with E-state index >= 15 is 0 Å². The summed E-state index contributed by atoms with van der Waals surface area (Å²) in [7, 11) is -3.98. The Morgan fingerprint density at radius 1 is 1.43 bits per heavy atom. The first-order valence-corrected chi connectivity index (χ1v) is 8.39. The second-order valence-corrected chi connectivity index (χ2v) is 7.59. The fraction of sp³-hybridized carbons (Fsp3) is 0.333. The molecular weight excluding hydrogens is 314 g/mol. The number of H-pyrrole nitrogens is 1.